The van der Waals surface area contributed by atoms with Gasteiger partial charge in [-0.25, -0.2) is 0 Å². The van der Waals surface area contributed by atoms with Crippen molar-refractivity contribution in [2.45, 2.75) is 19.4 Å². The lowest BCUT2D eigenvalue weighted by molar-refractivity contribution is -0.384. The van der Waals surface area contributed by atoms with Crippen LogP contribution in [0.15, 0.2) is 84.2 Å². The summed E-state index contributed by atoms with van der Waals surface area (Å²) in [5.41, 5.74) is 2.78. The van der Waals surface area contributed by atoms with E-state index < -0.39 is 28.7 Å². The molecular formula is C33H31N5O7S. The van der Waals surface area contributed by atoms with Gasteiger partial charge in [0.15, 0.2) is 0 Å². The monoisotopic (exact) mass is 641 g/mol. The number of hydrogen-bond acceptors (Lipinski definition) is 8. The van der Waals surface area contributed by atoms with Gasteiger partial charge in [-0.2, -0.15) is 0 Å². The van der Waals surface area contributed by atoms with Crippen LogP contribution in [0, 0.1) is 17.0 Å². The number of carbonyl (C=O) groups is 4. The SMILES string of the molecule is Cc1ccc(C(CC(=O)O)NC(=O)c2ccc(N3CCN(C(=O)c4cccs4)CC3)c(NC(=O)c3ccc([N+](=O)[O-])cc3)c2)cc1. The van der Waals surface area contributed by atoms with E-state index in [2.05, 4.69) is 10.6 Å². The van der Waals surface area contributed by atoms with Crippen molar-refractivity contribution < 1.29 is 29.2 Å². The molecule has 0 spiro atoms. The molecule has 0 radical (unpaired) electrons. The molecule has 1 aliphatic heterocycles. The summed E-state index contributed by atoms with van der Waals surface area (Å²) >= 11 is 1.38. The van der Waals surface area contributed by atoms with Gasteiger partial charge in [-0.1, -0.05) is 35.9 Å². The largest absolute Gasteiger partial charge is 0.481 e. The maximum absolute atomic E-state index is 13.5. The Kier molecular flexibility index (Phi) is 9.72. The smallest absolute Gasteiger partial charge is 0.305 e. The Labute approximate surface area is 268 Å². The Morgan fingerprint density at radius 2 is 1.59 bits per heavy atom. The number of piperazine rings is 1. The third kappa shape index (κ3) is 7.56. The average Bonchev–Trinajstić information content (AvgIpc) is 3.60. The van der Waals surface area contributed by atoms with Crippen LogP contribution in [-0.4, -0.2) is 64.8 Å². The first-order chi connectivity index (χ1) is 22.1. The number of nitrogens with one attached hydrogen (secondary N) is 2. The van der Waals surface area contributed by atoms with Crippen molar-refractivity contribution in [1.82, 2.24) is 10.2 Å². The predicted molar refractivity (Wildman–Crippen MR) is 174 cm³/mol. The molecule has 1 aromatic heterocycles. The van der Waals surface area contributed by atoms with Gasteiger partial charge in [0, 0.05) is 49.4 Å². The lowest BCUT2D eigenvalue weighted by atomic mass is 10.0. The van der Waals surface area contributed by atoms with Crippen molar-refractivity contribution in [3.63, 3.8) is 0 Å². The Bertz CT molecular complexity index is 1750. The maximum Gasteiger partial charge on any atom is 0.305 e. The zero-order chi connectivity index (χ0) is 32.8. The number of non-ortho nitro benzene ring substituents is 1. The highest BCUT2D eigenvalue weighted by molar-refractivity contribution is 7.12. The molecule has 0 bridgehead atoms. The van der Waals surface area contributed by atoms with Crippen molar-refractivity contribution in [2.75, 3.05) is 36.4 Å². The first-order valence-corrected chi connectivity index (χ1v) is 15.3. The number of amides is 3. The molecule has 0 aliphatic carbocycles. The average molecular weight is 642 g/mol. The molecule has 1 unspecified atom stereocenters. The molecule has 46 heavy (non-hydrogen) atoms. The van der Waals surface area contributed by atoms with Crippen molar-refractivity contribution in [3.05, 3.63) is 121 Å². The predicted octanol–water partition coefficient (Wildman–Crippen LogP) is 5.13. The molecule has 1 aliphatic rings. The van der Waals surface area contributed by atoms with Crippen molar-refractivity contribution in [3.8, 4) is 0 Å². The van der Waals surface area contributed by atoms with Gasteiger partial charge in [0.05, 0.1) is 33.6 Å². The van der Waals surface area contributed by atoms with Gasteiger partial charge < -0.3 is 25.5 Å². The number of nitrogens with zero attached hydrogens (tertiary/aromatic N) is 3. The van der Waals surface area contributed by atoms with Crippen molar-refractivity contribution in [2.24, 2.45) is 0 Å². The van der Waals surface area contributed by atoms with Gasteiger partial charge in [-0.15, -0.1) is 11.3 Å². The summed E-state index contributed by atoms with van der Waals surface area (Å²) in [6.45, 7) is 3.74. The van der Waals surface area contributed by atoms with Gasteiger partial charge in [0.25, 0.3) is 23.4 Å². The Balaban J connectivity index is 1.40. The van der Waals surface area contributed by atoms with Crippen LogP contribution in [0.5, 0.6) is 0 Å². The van der Waals surface area contributed by atoms with Crippen molar-refractivity contribution in [1.29, 1.82) is 0 Å². The minimum absolute atomic E-state index is 0.0436. The number of anilines is 2. The summed E-state index contributed by atoms with van der Waals surface area (Å²) in [7, 11) is 0. The van der Waals surface area contributed by atoms with E-state index in [4.69, 9.17) is 0 Å². The quantitative estimate of drug-likeness (QED) is 0.159. The molecule has 3 amide bonds. The number of nitro benzene ring substituents is 1. The second-order valence-corrected chi connectivity index (χ2v) is 11.7. The lowest BCUT2D eigenvalue weighted by Crippen LogP contribution is -2.48. The minimum Gasteiger partial charge on any atom is -0.481 e. The zero-order valence-electron chi connectivity index (χ0n) is 24.8. The first-order valence-electron chi connectivity index (χ1n) is 14.5. The maximum atomic E-state index is 13.5. The van der Waals surface area contributed by atoms with Crippen LogP contribution >= 0.6 is 11.3 Å². The molecule has 12 nitrogen and oxygen atoms in total. The summed E-state index contributed by atoms with van der Waals surface area (Å²) in [5, 5.41) is 28.1. The summed E-state index contributed by atoms with van der Waals surface area (Å²) in [6.07, 6.45) is -0.328. The first kappa shape index (κ1) is 31.9. The number of carboxylic acid groups (broad SMARTS) is 1. The van der Waals surface area contributed by atoms with E-state index in [9.17, 15) is 34.4 Å². The molecule has 236 valence electrons. The number of carboxylic acids is 1. The molecule has 3 aromatic carbocycles. The number of aliphatic carboxylic acids is 1. The highest BCUT2D eigenvalue weighted by atomic mass is 32.1. The van der Waals surface area contributed by atoms with Gasteiger partial charge >= 0.3 is 5.97 Å². The minimum atomic E-state index is -1.08. The summed E-state index contributed by atoms with van der Waals surface area (Å²) in [5.74, 6) is -2.19. The second-order valence-electron chi connectivity index (χ2n) is 10.8. The number of aryl methyl sites for hydroxylation is 1. The standard InChI is InChI=1S/C33H31N5O7S/c1-21-4-6-22(7-5-21)26(20-30(39)40)34-32(42)24-10-13-28(36-14-16-37(17-15-36)33(43)29-3-2-18-46-29)27(19-24)35-31(41)23-8-11-25(12-9-23)38(44)45/h2-13,18-19,26H,14-17,20H2,1H3,(H,34,42)(H,35,41)(H,39,40). The fourth-order valence-electron chi connectivity index (χ4n) is 5.16. The van der Waals surface area contributed by atoms with Gasteiger partial charge in [0.1, 0.15) is 0 Å². The van der Waals surface area contributed by atoms with E-state index in [1.165, 1.54) is 41.7 Å². The van der Waals surface area contributed by atoms with E-state index in [0.29, 0.717) is 48.0 Å². The third-order valence-corrected chi connectivity index (χ3v) is 8.51. The molecule has 5 rings (SSSR count). The molecule has 1 saturated heterocycles. The molecule has 2 heterocycles. The van der Waals surface area contributed by atoms with E-state index in [-0.39, 0.29) is 29.1 Å². The Hall–Kier alpha value is -5.56. The number of benzene rings is 3. The molecule has 3 N–H and O–H groups in total. The van der Waals surface area contributed by atoms with Crippen LogP contribution in [0.4, 0.5) is 17.1 Å². The molecule has 1 atom stereocenters. The Morgan fingerprint density at radius 1 is 0.913 bits per heavy atom. The highest BCUT2D eigenvalue weighted by Gasteiger charge is 2.26. The second kappa shape index (κ2) is 14.0. The fraction of sp³-hybridized carbons (Fsp3) is 0.212. The van der Waals surface area contributed by atoms with E-state index >= 15 is 0 Å². The van der Waals surface area contributed by atoms with Gasteiger partial charge in [-0.05, 0) is 54.3 Å². The van der Waals surface area contributed by atoms with E-state index in [0.717, 1.165) is 5.56 Å². The van der Waals surface area contributed by atoms with Crippen LogP contribution in [0.1, 0.15) is 54.0 Å². The molecule has 4 aromatic rings. The topological polar surface area (TPSA) is 162 Å². The van der Waals surface area contributed by atoms with E-state index in [1.807, 2.05) is 35.4 Å². The van der Waals surface area contributed by atoms with Crippen LogP contribution in [0.2, 0.25) is 0 Å². The molecule has 13 heteroatoms. The summed E-state index contributed by atoms with van der Waals surface area (Å²) < 4.78 is 0. The molecular weight excluding hydrogens is 610 g/mol. The lowest BCUT2D eigenvalue weighted by Gasteiger charge is -2.37. The van der Waals surface area contributed by atoms with Crippen LogP contribution in [0.25, 0.3) is 0 Å². The number of carbonyl (C=O) groups excluding carboxylic acids is 3. The molecule has 0 saturated carbocycles. The third-order valence-electron chi connectivity index (χ3n) is 7.65. The summed E-state index contributed by atoms with van der Waals surface area (Å²) in [4.78, 5) is 66.2. The fourth-order valence-corrected chi connectivity index (χ4v) is 5.85. The van der Waals surface area contributed by atoms with Crippen LogP contribution in [0.3, 0.4) is 0 Å². The number of hydrogen-bond donors (Lipinski definition) is 3. The zero-order valence-corrected chi connectivity index (χ0v) is 25.7. The van der Waals surface area contributed by atoms with Crippen LogP contribution in [-0.2, 0) is 4.79 Å². The van der Waals surface area contributed by atoms with Crippen LogP contribution < -0.4 is 15.5 Å². The van der Waals surface area contributed by atoms with E-state index in [1.54, 1.807) is 35.2 Å². The Morgan fingerprint density at radius 3 is 2.20 bits per heavy atom. The number of thiophene rings is 1. The number of nitro groups is 1. The normalized spacial score (nSPS) is 13.5. The molecule has 1 fully saturated rings. The van der Waals surface area contributed by atoms with Gasteiger partial charge in [-0.3, -0.25) is 29.3 Å². The van der Waals surface area contributed by atoms with Crippen molar-refractivity contribution >= 4 is 52.1 Å². The number of rotatable bonds is 10. The summed E-state index contributed by atoms with van der Waals surface area (Å²) in [6, 6.07) is 20.0. The highest BCUT2D eigenvalue weighted by Crippen LogP contribution is 2.30. The van der Waals surface area contributed by atoms with Gasteiger partial charge in [0.2, 0.25) is 0 Å².